The van der Waals surface area contributed by atoms with Crippen molar-refractivity contribution in [3.8, 4) is 0 Å². The molecular formula is C8H15NO4. The molecule has 0 unspecified atom stereocenters. The lowest BCUT2D eigenvalue weighted by Gasteiger charge is -2.02. The molecule has 76 valence electrons. The van der Waals surface area contributed by atoms with Crippen molar-refractivity contribution in [3.05, 3.63) is 0 Å². The van der Waals surface area contributed by atoms with Gasteiger partial charge in [-0.3, -0.25) is 9.59 Å². The maximum absolute atomic E-state index is 10.9. The molecule has 0 aliphatic rings. The van der Waals surface area contributed by atoms with Crippen molar-refractivity contribution in [1.29, 1.82) is 0 Å². The van der Waals surface area contributed by atoms with E-state index in [0.29, 0.717) is 6.61 Å². The summed E-state index contributed by atoms with van der Waals surface area (Å²) in [6.45, 7) is 2.17. The standard InChI is InChI=1S/C8H15NO4/c1-2-13-8(12)4-3-7(11)9-5-6-10/h10H,2-6H2,1H3,(H,9,11). The topological polar surface area (TPSA) is 75.6 Å². The normalized spacial score (nSPS) is 9.38. The van der Waals surface area contributed by atoms with Crippen LogP contribution in [0, 0.1) is 0 Å². The van der Waals surface area contributed by atoms with Crippen molar-refractivity contribution >= 4 is 11.9 Å². The number of amides is 1. The van der Waals surface area contributed by atoms with E-state index in [1.807, 2.05) is 0 Å². The van der Waals surface area contributed by atoms with Gasteiger partial charge in [-0.05, 0) is 6.92 Å². The minimum absolute atomic E-state index is 0.0884. The number of nitrogens with one attached hydrogen (secondary N) is 1. The van der Waals surface area contributed by atoms with E-state index in [-0.39, 0.29) is 37.9 Å². The number of aliphatic hydroxyl groups excluding tert-OH is 1. The number of aliphatic hydroxyl groups is 1. The van der Waals surface area contributed by atoms with Gasteiger partial charge in [0.1, 0.15) is 0 Å². The van der Waals surface area contributed by atoms with Gasteiger partial charge in [0.25, 0.3) is 0 Å². The molecule has 0 saturated carbocycles. The van der Waals surface area contributed by atoms with Crippen LogP contribution in [0.5, 0.6) is 0 Å². The molecule has 0 aliphatic heterocycles. The molecule has 0 spiro atoms. The summed E-state index contributed by atoms with van der Waals surface area (Å²) in [7, 11) is 0. The summed E-state index contributed by atoms with van der Waals surface area (Å²) in [5.74, 6) is -0.622. The monoisotopic (exact) mass is 189 g/mol. The number of carbonyl (C=O) groups is 2. The first kappa shape index (κ1) is 11.9. The van der Waals surface area contributed by atoms with Gasteiger partial charge in [-0.1, -0.05) is 0 Å². The van der Waals surface area contributed by atoms with Gasteiger partial charge in [0.05, 0.1) is 19.6 Å². The van der Waals surface area contributed by atoms with Crippen LogP contribution in [-0.2, 0) is 14.3 Å². The van der Waals surface area contributed by atoms with Crippen molar-refractivity contribution in [1.82, 2.24) is 5.32 Å². The van der Waals surface area contributed by atoms with E-state index in [2.05, 4.69) is 10.1 Å². The lowest BCUT2D eigenvalue weighted by Crippen LogP contribution is -2.26. The maximum Gasteiger partial charge on any atom is 0.306 e. The Hall–Kier alpha value is -1.10. The first-order chi connectivity index (χ1) is 6.20. The summed E-state index contributed by atoms with van der Waals surface area (Å²) in [6, 6.07) is 0. The Kier molecular flexibility index (Phi) is 6.91. The third-order valence-electron chi connectivity index (χ3n) is 1.30. The van der Waals surface area contributed by atoms with Gasteiger partial charge in [-0.25, -0.2) is 0 Å². The van der Waals surface area contributed by atoms with E-state index in [1.165, 1.54) is 0 Å². The van der Waals surface area contributed by atoms with Crippen LogP contribution in [-0.4, -0.2) is 36.7 Å². The van der Waals surface area contributed by atoms with Crippen LogP contribution < -0.4 is 5.32 Å². The molecule has 0 atom stereocenters. The Morgan fingerprint density at radius 3 is 2.62 bits per heavy atom. The van der Waals surface area contributed by atoms with E-state index < -0.39 is 0 Å². The Morgan fingerprint density at radius 2 is 2.08 bits per heavy atom. The van der Waals surface area contributed by atoms with Crippen LogP contribution in [0.2, 0.25) is 0 Å². The molecule has 1 amide bonds. The lowest BCUT2D eigenvalue weighted by atomic mass is 10.3. The fraction of sp³-hybridized carbons (Fsp3) is 0.750. The molecular weight excluding hydrogens is 174 g/mol. The Labute approximate surface area is 77.1 Å². The summed E-state index contributed by atoms with van der Waals surface area (Å²) in [5.41, 5.74) is 0. The first-order valence-corrected chi connectivity index (χ1v) is 4.24. The SMILES string of the molecule is CCOC(=O)CCC(=O)NCCO. The fourth-order valence-electron chi connectivity index (χ4n) is 0.732. The molecule has 0 rings (SSSR count). The number of esters is 1. The van der Waals surface area contributed by atoms with Crippen LogP contribution in [0.3, 0.4) is 0 Å². The molecule has 5 nitrogen and oxygen atoms in total. The molecule has 2 N–H and O–H groups in total. The minimum atomic E-state index is -0.373. The van der Waals surface area contributed by atoms with Crippen LogP contribution in [0.1, 0.15) is 19.8 Å². The largest absolute Gasteiger partial charge is 0.466 e. The highest BCUT2D eigenvalue weighted by molar-refractivity contribution is 5.81. The van der Waals surface area contributed by atoms with Crippen molar-refractivity contribution in [2.24, 2.45) is 0 Å². The Morgan fingerprint density at radius 1 is 1.38 bits per heavy atom. The van der Waals surface area contributed by atoms with Gasteiger partial charge in [0.15, 0.2) is 0 Å². The smallest absolute Gasteiger partial charge is 0.306 e. The van der Waals surface area contributed by atoms with Crippen molar-refractivity contribution in [3.63, 3.8) is 0 Å². The maximum atomic E-state index is 10.9. The predicted molar refractivity (Wildman–Crippen MR) is 46.0 cm³/mol. The van der Waals surface area contributed by atoms with Gasteiger partial charge in [0, 0.05) is 13.0 Å². The van der Waals surface area contributed by atoms with Gasteiger partial charge in [-0.2, -0.15) is 0 Å². The molecule has 0 aromatic rings. The lowest BCUT2D eigenvalue weighted by molar-refractivity contribution is -0.144. The van der Waals surface area contributed by atoms with E-state index >= 15 is 0 Å². The number of hydrogen-bond donors (Lipinski definition) is 2. The molecule has 13 heavy (non-hydrogen) atoms. The highest BCUT2D eigenvalue weighted by atomic mass is 16.5. The second-order valence-corrected chi connectivity index (χ2v) is 2.38. The molecule has 0 aliphatic carbocycles. The minimum Gasteiger partial charge on any atom is -0.466 e. The zero-order valence-corrected chi connectivity index (χ0v) is 7.71. The van der Waals surface area contributed by atoms with Gasteiger partial charge in [0.2, 0.25) is 5.91 Å². The summed E-state index contributed by atoms with van der Waals surface area (Å²) in [6.07, 6.45) is 0.198. The second-order valence-electron chi connectivity index (χ2n) is 2.38. The molecule has 0 aromatic carbocycles. The molecule has 5 heteroatoms. The fourth-order valence-corrected chi connectivity index (χ4v) is 0.732. The average Bonchev–Trinajstić information content (AvgIpc) is 2.12. The average molecular weight is 189 g/mol. The molecule has 0 aromatic heterocycles. The molecule has 0 heterocycles. The highest BCUT2D eigenvalue weighted by Gasteiger charge is 2.05. The van der Waals surface area contributed by atoms with E-state index in [9.17, 15) is 9.59 Å². The third kappa shape index (κ3) is 7.27. The van der Waals surface area contributed by atoms with E-state index in [0.717, 1.165) is 0 Å². The number of ether oxygens (including phenoxy) is 1. The zero-order chi connectivity index (χ0) is 10.1. The summed E-state index contributed by atoms with van der Waals surface area (Å²) >= 11 is 0. The van der Waals surface area contributed by atoms with E-state index in [1.54, 1.807) is 6.92 Å². The first-order valence-electron chi connectivity index (χ1n) is 4.24. The zero-order valence-electron chi connectivity index (χ0n) is 7.71. The van der Waals surface area contributed by atoms with Crippen molar-refractivity contribution < 1.29 is 19.4 Å². The van der Waals surface area contributed by atoms with Crippen LogP contribution >= 0.6 is 0 Å². The summed E-state index contributed by atoms with van der Waals surface area (Å²) in [4.78, 5) is 21.7. The summed E-state index contributed by atoms with van der Waals surface area (Å²) in [5, 5.41) is 10.8. The Bertz CT molecular complexity index is 170. The molecule has 0 fully saturated rings. The van der Waals surface area contributed by atoms with Gasteiger partial charge < -0.3 is 15.2 Å². The molecule has 0 radical (unpaired) electrons. The van der Waals surface area contributed by atoms with Crippen molar-refractivity contribution in [2.75, 3.05) is 19.8 Å². The number of hydrogen-bond acceptors (Lipinski definition) is 4. The summed E-state index contributed by atoms with van der Waals surface area (Å²) < 4.78 is 4.63. The van der Waals surface area contributed by atoms with Crippen LogP contribution in [0.4, 0.5) is 0 Å². The quantitative estimate of drug-likeness (QED) is 0.549. The predicted octanol–water partition coefficient (Wildman–Crippen LogP) is -0.562. The second kappa shape index (κ2) is 7.54. The molecule has 0 saturated heterocycles. The molecule has 0 bridgehead atoms. The van der Waals surface area contributed by atoms with Crippen molar-refractivity contribution in [2.45, 2.75) is 19.8 Å². The van der Waals surface area contributed by atoms with Crippen LogP contribution in [0.25, 0.3) is 0 Å². The number of carbonyl (C=O) groups excluding carboxylic acids is 2. The Balaban J connectivity index is 3.40. The van der Waals surface area contributed by atoms with Gasteiger partial charge >= 0.3 is 5.97 Å². The third-order valence-corrected chi connectivity index (χ3v) is 1.30. The van der Waals surface area contributed by atoms with Gasteiger partial charge in [-0.15, -0.1) is 0 Å². The van der Waals surface area contributed by atoms with E-state index in [4.69, 9.17) is 5.11 Å². The number of rotatable bonds is 6. The van der Waals surface area contributed by atoms with Crippen LogP contribution in [0.15, 0.2) is 0 Å². The highest BCUT2D eigenvalue weighted by Crippen LogP contribution is 1.92.